The molecule has 0 radical (unpaired) electrons. The lowest BCUT2D eigenvalue weighted by Crippen LogP contribution is -2.49. The third kappa shape index (κ3) is 3.26. The minimum absolute atomic E-state index is 0.126. The van der Waals surface area contributed by atoms with Gasteiger partial charge in [0.05, 0.1) is 19.2 Å². The summed E-state index contributed by atoms with van der Waals surface area (Å²) in [5.74, 6) is 0.963. The van der Waals surface area contributed by atoms with E-state index in [0.717, 1.165) is 36.6 Å². The van der Waals surface area contributed by atoms with Gasteiger partial charge in [0, 0.05) is 37.3 Å². The van der Waals surface area contributed by atoms with Gasteiger partial charge < -0.3 is 14.2 Å². The number of carbonyl (C=O) groups excluding carboxylic acids is 1. The lowest BCUT2D eigenvalue weighted by molar-refractivity contribution is 0.0556. The van der Waals surface area contributed by atoms with Crippen LogP contribution in [0.1, 0.15) is 32.5 Å². The first-order valence-electron chi connectivity index (χ1n) is 10.00. The minimum Gasteiger partial charge on any atom is -0.497 e. The maximum Gasteiger partial charge on any atom is 0.271 e. The number of methoxy groups -OCH3 is 1. The van der Waals surface area contributed by atoms with Gasteiger partial charge in [-0.15, -0.1) is 11.3 Å². The van der Waals surface area contributed by atoms with Crippen molar-refractivity contribution in [3.05, 3.63) is 75.7 Å². The predicted octanol–water partition coefficient (Wildman–Crippen LogP) is 3.95. The van der Waals surface area contributed by atoms with Crippen LogP contribution in [0.2, 0.25) is 0 Å². The second-order valence-electron chi connectivity index (χ2n) is 7.94. The van der Waals surface area contributed by atoms with Crippen molar-refractivity contribution in [2.45, 2.75) is 32.1 Å². The highest BCUT2D eigenvalue weighted by atomic mass is 32.1. The molecule has 3 aromatic rings. The first-order valence-corrected chi connectivity index (χ1v) is 10.9. The molecular weight excluding hydrogens is 382 g/mol. The predicted molar refractivity (Wildman–Crippen MR) is 114 cm³/mol. The number of nitrogens with zero attached hydrogens (tertiary/aromatic N) is 3. The Balaban J connectivity index is 1.42. The van der Waals surface area contributed by atoms with Gasteiger partial charge in [0.15, 0.2) is 0 Å². The Morgan fingerprint density at radius 2 is 1.86 bits per heavy atom. The number of hydrogen-bond acceptors (Lipinski definition) is 4. The lowest BCUT2D eigenvalue weighted by atomic mass is 10.0. The van der Waals surface area contributed by atoms with Crippen molar-refractivity contribution >= 4 is 17.2 Å². The number of thiophene rings is 1. The third-order valence-corrected chi connectivity index (χ3v) is 7.21. The average Bonchev–Trinajstić information content (AvgIpc) is 3.46. The van der Waals surface area contributed by atoms with Crippen LogP contribution >= 0.6 is 11.3 Å². The Morgan fingerprint density at radius 1 is 1.07 bits per heavy atom. The number of carbonyl (C=O) groups is 1. The van der Waals surface area contributed by atoms with Crippen LogP contribution in [0, 0.1) is 6.92 Å². The average molecular weight is 408 g/mol. The summed E-state index contributed by atoms with van der Waals surface area (Å²) < 4.78 is 7.46. The highest BCUT2D eigenvalue weighted by Crippen LogP contribution is 2.36. The van der Waals surface area contributed by atoms with Gasteiger partial charge in [-0.05, 0) is 53.8 Å². The van der Waals surface area contributed by atoms with Crippen LogP contribution in [-0.4, -0.2) is 46.5 Å². The summed E-state index contributed by atoms with van der Waals surface area (Å²) in [4.78, 5) is 19.3. The molecule has 4 heterocycles. The SMILES string of the molecule is COc1ccc(CN2C(=O)c3cccn3[C@@H]3CN(Cc4sccc4C)C[C@H]32)cc1. The molecule has 2 aliphatic heterocycles. The topological polar surface area (TPSA) is 37.7 Å². The number of hydrogen-bond donors (Lipinski definition) is 0. The quantitative estimate of drug-likeness (QED) is 0.643. The molecule has 6 heteroatoms. The Bertz CT molecular complexity index is 1020. The number of rotatable bonds is 5. The smallest absolute Gasteiger partial charge is 0.271 e. The zero-order chi connectivity index (χ0) is 20.0. The van der Waals surface area contributed by atoms with Gasteiger partial charge in [-0.25, -0.2) is 0 Å². The monoisotopic (exact) mass is 407 g/mol. The van der Waals surface area contributed by atoms with E-state index >= 15 is 0 Å². The molecule has 1 aromatic carbocycles. The molecule has 2 aliphatic rings. The van der Waals surface area contributed by atoms with Crippen molar-refractivity contribution in [1.82, 2.24) is 14.4 Å². The summed E-state index contributed by atoms with van der Waals surface area (Å²) in [6.45, 7) is 5.63. The lowest BCUT2D eigenvalue weighted by Gasteiger charge is -2.38. The molecule has 0 unspecified atom stereocenters. The van der Waals surface area contributed by atoms with Crippen LogP contribution in [0.15, 0.2) is 54.0 Å². The second-order valence-corrected chi connectivity index (χ2v) is 8.94. The van der Waals surface area contributed by atoms with Gasteiger partial charge in [-0.2, -0.15) is 0 Å². The van der Waals surface area contributed by atoms with Crippen molar-refractivity contribution in [3.63, 3.8) is 0 Å². The first-order chi connectivity index (χ1) is 14.1. The van der Waals surface area contributed by atoms with E-state index in [1.54, 1.807) is 7.11 Å². The summed E-state index contributed by atoms with van der Waals surface area (Å²) in [6.07, 6.45) is 2.06. The van der Waals surface area contributed by atoms with E-state index in [2.05, 4.69) is 51.1 Å². The maximum atomic E-state index is 13.3. The van der Waals surface area contributed by atoms with E-state index in [9.17, 15) is 4.79 Å². The summed E-state index contributed by atoms with van der Waals surface area (Å²) in [6, 6.07) is 14.6. The zero-order valence-electron chi connectivity index (χ0n) is 16.7. The normalized spacial score (nSPS) is 21.3. The van der Waals surface area contributed by atoms with Crippen molar-refractivity contribution in [1.29, 1.82) is 0 Å². The molecule has 1 fully saturated rings. The van der Waals surface area contributed by atoms with Gasteiger partial charge in [0.1, 0.15) is 11.4 Å². The van der Waals surface area contributed by atoms with Crippen LogP contribution in [-0.2, 0) is 13.1 Å². The Hall–Kier alpha value is -2.57. The number of benzene rings is 1. The third-order valence-electron chi connectivity index (χ3n) is 6.20. The zero-order valence-corrected chi connectivity index (χ0v) is 17.6. The summed E-state index contributed by atoms with van der Waals surface area (Å²) in [5, 5.41) is 2.16. The molecule has 1 amide bonds. The van der Waals surface area contributed by atoms with Gasteiger partial charge in [-0.3, -0.25) is 9.69 Å². The highest BCUT2D eigenvalue weighted by molar-refractivity contribution is 7.10. The molecule has 0 saturated carbocycles. The molecule has 5 rings (SSSR count). The van der Waals surface area contributed by atoms with Gasteiger partial charge in [0.25, 0.3) is 5.91 Å². The van der Waals surface area contributed by atoms with Gasteiger partial charge in [-0.1, -0.05) is 12.1 Å². The summed E-state index contributed by atoms with van der Waals surface area (Å²) in [7, 11) is 1.67. The molecule has 2 aromatic heterocycles. The Morgan fingerprint density at radius 3 is 2.59 bits per heavy atom. The van der Waals surface area contributed by atoms with E-state index in [4.69, 9.17) is 4.74 Å². The highest BCUT2D eigenvalue weighted by Gasteiger charge is 2.44. The number of aryl methyl sites for hydroxylation is 1. The standard InChI is InChI=1S/C23H25N3O2S/c1-16-9-11-29-22(16)15-24-13-20-21(14-24)26(23(27)19-4-3-10-25(19)20)12-17-5-7-18(28-2)8-6-17/h3-11,20-21H,12-15H2,1-2H3/t20-,21-/m1/s1. The molecular formula is C23H25N3O2S. The fraction of sp³-hybridized carbons (Fsp3) is 0.348. The fourth-order valence-electron chi connectivity index (χ4n) is 4.60. The van der Waals surface area contributed by atoms with E-state index in [0.29, 0.717) is 12.6 Å². The largest absolute Gasteiger partial charge is 0.497 e. The Kier molecular flexibility index (Phi) is 4.68. The van der Waals surface area contributed by atoms with E-state index in [1.807, 2.05) is 35.6 Å². The molecule has 150 valence electrons. The van der Waals surface area contributed by atoms with E-state index < -0.39 is 0 Å². The van der Waals surface area contributed by atoms with Crippen molar-refractivity contribution < 1.29 is 9.53 Å². The van der Waals surface area contributed by atoms with Crippen LogP contribution < -0.4 is 4.74 Å². The number of fused-ring (bicyclic) bond motifs is 3. The summed E-state index contributed by atoms with van der Waals surface area (Å²) >= 11 is 1.82. The second kappa shape index (κ2) is 7.35. The molecule has 0 bridgehead atoms. The van der Waals surface area contributed by atoms with Crippen LogP contribution in [0.3, 0.4) is 0 Å². The van der Waals surface area contributed by atoms with Gasteiger partial charge >= 0.3 is 0 Å². The maximum absolute atomic E-state index is 13.3. The van der Waals surface area contributed by atoms with E-state index in [1.165, 1.54) is 10.4 Å². The molecule has 0 aliphatic carbocycles. The molecule has 0 spiro atoms. The van der Waals surface area contributed by atoms with Crippen molar-refractivity contribution in [3.8, 4) is 5.75 Å². The van der Waals surface area contributed by atoms with Gasteiger partial charge in [0.2, 0.25) is 0 Å². The molecule has 29 heavy (non-hydrogen) atoms. The first kappa shape index (κ1) is 18.5. The molecule has 0 N–H and O–H groups in total. The van der Waals surface area contributed by atoms with E-state index in [-0.39, 0.29) is 11.9 Å². The fourth-order valence-corrected chi connectivity index (χ4v) is 5.55. The van der Waals surface area contributed by atoms with Crippen LogP contribution in [0.25, 0.3) is 0 Å². The molecule has 1 saturated heterocycles. The Labute approximate surface area is 175 Å². The van der Waals surface area contributed by atoms with Crippen LogP contribution in [0.4, 0.5) is 0 Å². The van der Waals surface area contributed by atoms with Crippen LogP contribution in [0.5, 0.6) is 5.75 Å². The van der Waals surface area contributed by atoms with Crippen molar-refractivity contribution in [2.75, 3.05) is 20.2 Å². The number of amides is 1. The number of aromatic nitrogens is 1. The number of ether oxygens (including phenoxy) is 1. The minimum atomic E-state index is 0.126. The number of likely N-dealkylation sites (tertiary alicyclic amines) is 1. The summed E-state index contributed by atoms with van der Waals surface area (Å²) in [5.41, 5.74) is 3.29. The molecule has 5 nitrogen and oxygen atoms in total. The molecule has 2 atom stereocenters. The van der Waals surface area contributed by atoms with Crippen molar-refractivity contribution in [2.24, 2.45) is 0 Å².